The highest BCUT2D eigenvalue weighted by molar-refractivity contribution is 7.99. The average Bonchev–Trinajstić information content (AvgIpc) is 2.78. The van der Waals surface area contributed by atoms with Crippen LogP contribution in [0, 0.1) is 5.92 Å². The highest BCUT2D eigenvalue weighted by atomic mass is 32.2. The van der Waals surface area contributed by atoms with Crippen molar-refractivity contribution in [2.24, 2.45) is 5.92 Å². The second-order valence-electron chi connectivity index (χ2n) is 8.65. The first-order chi connectivity index (χ1) is 14.6. The number of hydrogen-bond donors (Lipinski definition) is 3. The Hall–Kier alpha value is -0.630. The van der Waals surface area contributed by atoms with Gasteiger partial charge in [0.2, 0.25) is 0 Å². The number of ether oxygens (including phenoxy) is 2. The van der Waals surface area contributed by atoms with Crippen LogP contribution in [0.25, 0.3) is 0 Å². The third-order valence-electron chi connectivity index (χ3n) is 6.42. The fourth-order valence-electron chi connectivity index (χ4n) is 4.75. The van der Waals surface area contributed by atoms with Crippen molar-refractivity contribution < 1.29 is 24.8 Å². The van der Waals surface area contributed by atoms with Crippen molar-refractivity contribution in [3.05, 3.63) is 35.9 Å². The number of thioether (sulfide) groups is 1. The molecule has 3 rings (SSSR count). The smallest absolute Gasteiger partial charge is 0.132 e. The lowest BCUT2D eigenvalue weighted by molar-refractivity contribution is -0.233. The van der Waals surface area contributed by atoms with Gasteiger partial charge in [0, 0.05) is 0 Å². The van der Waals surface area contributed by atoms with Crippen LogP contribution in [0.2, 0.25) is 0 Å². The SMILES string of the molecule is CCSC1OC(CO)C(O)C(O[C@H](CCc2ccccc2)CC2CCCCC2)C1O. The molecule has 2 fully saturated rings. The normalized spacial score (nSPS) is 31.5. The minimum absolute atomic E-state index is 0.0349. The summed E-state index contributed by atoms with van der Waals surface area (Å²) in [6.45, 7) is 1.72. The molecule has 30 heavy (non-hydrogen) atoms. The van der Waals surface area contributed by atoms with Gasteiger partial charge in [-0.1, -0.05) is 69.4 Å². The second-order valence-corrected chi connectivity index (χ2v) is 10.0. The highest BCUT2D eigenvalue weighted by Gasteiger charge is 2.46. The van der Waals surface area contributed by atoms with E-state index < -0.39 is 29.9 Å². The van der Waals surface area contributed by atoms with E-state index in [2.05, 4.69) is 24.3 Å². The highest BCUT2D eigenvalue weighted by Crippen LogP contribution is 2.34. The summed E-state index contributed by atoms with van der Waals surface area (Å²) in [6.07, 6.45) is 5.59. The maximum absolute atomic E-state index is 10.9. The molecule has 170 valence electrons. The Morgan fingerprint density at radius 3 is 2.50 bits per heavy atom. The molecule has 0 aromatic heterocycles. The summed E-state index contributed by atoms with van der Waals surface area (Å²) in [5.74, 6) is 1.42. The standard InChI is InChI=1S/C24H38O5S/c1-2-30-24-22(27)23(21(26)20(16-25)29-24)28-19(15-18-11-7-4-8-12-18)14-13-17-9-5-3-6-10-17/h3,5-6,9-10,18-27H,2,4,7-8,11-16H2,1H3/t19-,20?,21?,22?,23?,24?/m1/s1. The number of rotatable bonds is 10. The Balaban J connectivity index is 1.69. The lowest BCUT2D eigenvalue weighted by atomic mass is 9.84. The lowest BCUT2D eigenvalue weighted by Crippen LogP contribution is -2.59. The first kappa shape index (κ1) is 24.0. The quantitative estimate of drug-likeness (QED) is 0.519. The van der Waals surface area contributed by atoms with Gasteiger partial charge >= 0.3 is 0 Å². The van der Waals surface area contributed by atoms with Crippen LogP contribution < -0.4 is 0 Å². The van der Waals surface area contributed by atoms with Crippen LogP contribution in [-0.2, 0) is 15.9 Å². The molecule has 0 radical (unpaired) electrons. The zero-order valence-electron chi connectivity index (χ0n) is 18.1. The van der Waals surface area contributed by atoms with Crippen LogP contribution in [0.3, 0.4) is 0 Å². The number of benzene rings is 1. The third-order valence-corrected chi connectivity index (χ3v) is 7.47. The van der Waals surface area contributed by atoms with Gasteiger partial charge in [-0.15, -0.1) is 11.8 Å². The van der Waals surface area contributed by atoms with Crippen LogP contribution in [0.1, 0.15) is 57.4 Å². The third kappa shape index (κ3) is 6.68. The largest absolute Gasteiger partial charge is 0.394 e. The van der Waals surface area contributed by atoms with Crippen molar-refractivity contribution >= 4 is 11.8 Å². The number of aliphatic hydroxyl groups excluding tert-OH is 3. The van der Waals surface area contributed by atoms with E-state index in [0.717, 1.165) is 25.0 Å². The average molecular weight is 439 g/mol. The van der Waals surface area contributed by atoms with E-state index in [1.807, 2.05) is 13.0 Å². The Labute approximate surface area is 185 Å². The fraction of sp³-hybridized carbons (Fsp3) is 0.750. The lowest BCUT2D eigenvalue weighted by Gasteiger charge is -2.43. The van der Waals surface area contributed by atoms with E-state index in [1.165, 1.54) is 49.4 Å². The molecule has 0 amide bonds. The molecule has 6 atom stereocenters. The van der Waals surface area contributed by atoms with Crippen molar-refractivity contribution in [3.8, 4) is 0 Å². The predicted octanol–water partition coefficient (Wildman–Crippen LogP) is 3.54. The van der Waals surface area contributed by atoms with E-state index in [1.54, 1.807) is 0 Å². The van der Waals surface area contributed by atoms with Gasteiger partial charge in [-0.25, -0.2) is 0 Å². The minimum atomic E-state index is -1.04. The summed E-state index contributed by atoms with van der Waals surface area (Å²) in [4.78, 5) is 0. The molecule has 1 heterocycles. The molecule has 5 unspecified atom stereocenters. The molecule has 1 aromatic carbocycles. The zero-order valence-corrected chi connectivity index (χ0v) is 18.9. The van der Waals surface area contributed by atoms with Crippen molar-refractivity contribution in [1.82, 2.24) is 0 Å². The molecular formula is C24H38O5S. The summed E-state index contributed by atoms with van der Waals surface area (Å²) in [5, 5.41) is 31.3. The maximum Gasteiger partial charge on any atom is 0.132 e. The molecular weight excluding hydrogens is 400 g/mol. The van der Waals surface area contributed by atoms with Crippen LogP contribution in [0.15, 0.2) is 30.3 Å². The summed E-state index contributed by atoms with van der Waals surface area (Å²) < 4.78 is 12.2. The Bertz CT molecular complexity index is 595. The monoisotopic (exact) mass is 438 g/mol. The summed E-state index contributed by atoms with van der Waals surface area (Å²) in [7, 11) is 0. The summed E-state index contributed by atoms with van der Waals surface area (Å²) in [5.41, 5.74) is 0.778. The topological polar surface area (TPSA) is 79.2 Å². The van der Waals surface area contributed by atoms with E-state index in [9.17, 15) is 15.3 Å². The zero-order chi connectivity index (χ0) is 21.3. The van der Waals surface area contributed by atoms with Crippen LogP contribution >= 0.6 is 11.8 Å². The first-order valence-corrected chi connectivity index (χ1v) is 12.6. The first-order valence-electron chi connectivity index (χ1n) is 11.6. The molecule has 3 N–H and O–H groups in total. The summed E-state index contributed by atoms with van der Waals surface area (Å²) in [6, 6.07) is 10.4. The molecule has 1 aliphatic heterocycles. The van der Waals surface area contributed by atoms with Crippen LogP contribution in [-0.4, -0.2) is 63.6 Å². The Kier molecular flexibility index (Phi) is 9.94. The van der Waals surface area contributed by atoms with Crippen molar-refractivity contribution in [2.75, 3.05) is 12.4 Å². The molecule has 1 aliphatic carbocycles. The molecule has 1 saturated heterocycles. The van der Waals surface area contributed by atoms with Crippen molar-refractivity contribution in [1.29, 1.82) is 0 Å². The van der Waals surface area contributed by atoms with Gasteiger partial charge in [0.25, 0.3) is 0 Å². The van der Waals surface area contributed by atoms with Crippen LogP contribution in [0.5, 0.6) is 0 Å². The molecule has 0 spiro atoms. The van der Waals surface area contributed by atoms with E-state index >= 15 is 0 Å². The molecule has 0 bridgehead atoms. The van der Waals surface area contributed by atoms with Crippen molar-refractivity contribution in [2.45, 2.75) is 94.2 Å². The molecule has 2 aliphatic rings. The van der Waals surface area contributed by atoms with Gasteiger partial charge in [-0.3, -0.25) is 0 Å². The maximum atomic E-state index is 10.9. The van der Waals surface area contributed by atoms with E-state index in [0.29, 0.717) is 5.92 Å². The molecule has 1 aromatic rings. The van der Waals surface area contributed by atoms with Crippen LogP contribution in [0.4, 0.5) is 0 Å². The van der Waals surface area contributed by atoms with Gasteiger partial charge < -0.3 is 24.8 Å². The summed E-state index contributed by atoms with van der Waals surface area (Å²) >= 11 is 1.48. The minimum Gasteiger partial charge on any atom is -0.394 e. The van der Waals surface area contributed by atoms with Gasteiger partial charge in [0.1, 0.15) is 29.9 Å². The van der Waals surface area contributed by atoms with E-state index in [-0.39, 0.29) is 12.7 Å². The Morgan fingerprint density at radius 2 is 1.83 bits per heavy atom. The van der Waals surface area contributed by atoms with Gasteiger partial charge in [-0.2, -0.15) is 0 Å². The number of aliphatic hydroxyl groups is 3. The Morgan fingerprint density at radius 1 is 1.10 bits per heavy atom. The molecule has 5 nitrogen and oxygen atoms in total. The molecule has 6 heteroatoms. The van der Waals surface area contributed by atoms with Gasteiger partial charge in [-0.05, 0) is 36.5 Å². The fourth-order valence-corrected chi connectivity index (χ4v) is 5.65. The molecule has 1 saturated carbocycles. The number of aryl methyl sites for hydroxylation is 1. The second kappa shape index (κ2) is 12.4. The van der Waals surface area contributed by atoms with Gasteiger partial charge in [0.15, 0.2) is 0 Å². The number of hydrogen-bond acceptors (Lipinski definition) is 6. The van der Waals surface area contributed by atoms with Gasteiger partial charge in [0.05, 0.1) is 12.7 Å². The van der Waals surface area contributed by atoms with E-state index in [4.69, 9.17) is 9.47 Å². The predicted molar refractivity (Wildman–Crippen MR) is 121 cm³/mol. The van der Waals surface area contributed by atoms with Crippen molar-refractivity contribution in [3.63, 3.8) is 0 Å².